The fourth-order valence-corrected chi connectivity index (χ4v) is 4.17. The lowest BCUT2D eigenvalue weighted by atomic mass is 10.2. The summed E-state index contributed by atoms with van der Waals surface area (Å²) < 4.78 is 26.2. The second-order valence-corrected chi connectivity index (χ2v) is 6.93. The Morgan fingerprint density at radius 1 is 1.39 bits per heavy atom. The number of hydrogen-bond donors (Lipinski definition) is 1. The molecule has 0 bridgehead atoms. The van der Waals surface area contributed by atoms with Gasteiger partial charge in [-0.1, -0.05) is 23.8 Å². The summed E-state index contributed by atoms with van der Waals surface area (Å²) in [5.41, 5.74) is 5.59. The molecule has 1 aromatic rings. The van der Waals surface area contributed by atoms with Gasteiger partial charge in [0.25, 0.3) is 0 Å². The van der Waals surface area contributed by atoms with Gasteiger partial charge in [0.15, 0.2) is 0 Å². The fourth-order valence-electron chi connectivity index (χ4n) is 2.05. The third kappa shape index (κ3) is 2.51. The summed E-state index contributed by atoms with van der Waals surface area (Å²) in [6.07, 6.45) is 1.46. The molecule has 0 aromatic heterocycles. The molecule has 1 saturated heterocycles. The molecule has 0 saturated carbocycles. The van der Waals surface area contributed by atoms with Crippen molar-refractivity contribution in [2.75, 3.05) is 6.54 Å². The molecule has 1 aromatic carbocycles. The quantitative estimate of drug-likeness (QED) is 0.865. The lowest BCUT2D eigenvalue weighted by molar-refractivity contribution is 0.446. The highest BCUT2D eigenvalue weighted by molar-refractivity contribution is 7.89. The Labute approximate surface area is 117 Å². The zero-order chi connectivity index (χ0) is 13.3. The average Bonchev–Trinajstić information content (AvgIpc) is 2.79. The smallest absolute Gasteiger partial charge is 0.243 e. The first-order valence-corrected chi connectivity index (χ1v) is 7.72. The van der Waals surface area contributed by atoms with Crippen molar-refractivity contribution < 1.29 is 8.42 Å². The van der Waals surface area contributed by atoms with Gasteiger partial charge in [0.1, 0.15) is 0 Å². The zero-order valence-electron chi connectivity index (χ0n) is 9.54. The van der Waals surface area contributed by atoms with Crippen molar-refractivity contribution in [3.8, 4) is 0 Å². The van der Waals surface area contributed by atoms with Crippen LogP contribution in [0.5, 0.6) is 0 Å². The van der Waals surface area contributed by atoms with Gasteiger partial charge in [-0.3, -0.25) is 0 Å². The molecular weight excluding hydrogens is 292 g/mol. The Morgan fingerprint density at radius 3 is 2.56 bits per heavy atom. The SMILES string of the molecule is NC(=S)C1CCCN1S(=O)(=O)c1ccc(Cl)cc1. The summed E-state index contributed by atoms with van der Waals surface area (Å²) >= 11 is 10.7. The van der Waals surface area contributed by atoms with Crippen LogP contribution in [-0.2, 0) is 10.0 Å². The Balaban J connectivity index is 2.36. The van der Waals surface area contributed by atoms with E-state index in [0.29, 0.717) is 18.0 Å². The van der Waals surface area contributed by atoms with E-state index in [9.17, 15) is 8.42 Å². The van der Waals surface area contributed by atoms with E-state index in [1.165, 1.54) is 16.4 Å². The molecule has 0 aliphatic carbocycles. The molecular formula is C11H13ClN2O2S2. The number of benzene rings is 1. The van der Waals surface area contributed by atoms with Crippen LogP contribution >= 0.6 is 23.8 Å². The van der Waals surface area contributed by atoms with Gasteiger partial charge in [-0.15, -0.1) is 0 Å². The topological polar surface area (TPSA) is 63.4 Å². The first-order chi connectivity index (χ1) is 8.43. The Hall–Kier alpha value is -0.690. The highest BCUT2D eigenvalue weighted by Crippen LogP contribution is 2.26. The van der Waals surface area contributed by atoms with E-state index in [0.717, 1.165) is 6.42 Å². The lowest BCUT2D eigenvalue weighted by Gasteiger charge is -2.23. The lowest BCUT2D eigenvalue weighted by Crippen LogP contribution is -2.42. The van der Waals surface area contributed by atoms with Crippen molar-refractivity contribution in [3.05, 3.63) is 29.3 Å². The highest BCUT2D eigenvalue weighted by atomic mass is 35.5. The molecule has 2 rings (SSSR count). The number of halogens is 1. The standard InChI is InChI=1S/C11H13ClN2O2S2/c12-8-3-5-9(6-4-8)18(15,16)14-7-1-2-10(14)11(13)17/h3-6,10H,1-2,7H2,(H2,13,17). The number of nitrogens with two attached hydrogens (primary N) is 1. The third-order valence-electron chi connectivity index (χ3n) is 2.95. The van der Waals surface area contributed by atoms with Crippen LogP contribution in [0, 0.1) is 0 Å². The van der Waals surface area contributed by atoms with Crippen LogP contribution in [0.4, 0.5) is 0 Å². The molecule has 7 heteroatoms. The zero-order valence-corrected chi connectivity index (χ0v) is 11.9. The van der Waals surface area contributed by atoms with Crippen molar-refractivity contribution in [1.29, 1.82) is 0 Å². The van der Waals surface area contributed by atoms with Gasteiger partial charge in [-0.2, -0.15) is 4.31 Å². The summed E-state index contributed by atoms with van der Waals surface area (Å²) in [5.74, 6) is 0. The number of rotatable bonds is 3. The molecule has 0 spiro atoms. The maximum atomic E-state index is 12.4. The average molecular weight is 305 g/mol. The van der Waals surface area contributed by atoms with Crippen LogP contribution in [0.25, 0.3) is 0 Å². The number of nitrogens with zero attached hydrogens (tertiary/aromatic N) is 1. The van der Waals surface area contributed by atoms with Gasteiger partial charge in [0.2, 0.25) is 10.0 Å². The molecule has 2 N–H and O–H groups in total. The minimum absolute atomic E-state index is 0.218. The van der Waals surface area contributed by atoms with Crippen molar-refractivity contribution in [1.82, 2.24) is 4.31 Å². The van der Waals surface area contributed by atoms with E-state index in [-0.39, 0.29) is 15.9 Å². The molecule has 1 atom stereocenters. The second kappa shape index (κ2) is 5.13. The van der Waals surface area contributed by atoms with Crippen LogP contribution in [0.3, 0.4) is 0 Å². The first kappa shape index (κ1) is 13.7. The normalized spacial score (nSPS) is 21.1. The largest absolute Gasteiger partial charge is 0.392 e. The molecule has 1 aliphatic rings. The Morgan fingerprint density at radius 2 is 2.00 bits per heavy atom. The maximum Gasteiger partial charge on any atom is 0.243 e. The summed E-state index contributed by atoms with van der Waals surface area (Å²) in [6.45, 7) is 0.451. The van der Waals surface area contributed by atoms with Crippen molar-refractivity contribution >= 4 is 38.8 Å². The van der Waals surface area contributed by atoms with Crippen LogP contribution in [-0.4, -0.2) is 30.3 Å². The number of thiocarbonyl (C=S) groups is 1. The Bertz CT molecular complexity index is 557. The fraction of sp³-hybridized carbons (Fsp3) is 0.364. The van der Waals surface area contributed by atoms with Crippen molar-refractivity contribution in [3.63, 3.8) is 0 Å². The molecule has 1 fully saturated rings. The highest BCUT2D eigenvalue weighted by Gasteiger charge is 2.36. The van der Waals surface area contributed by atoms with Crippen LogP contribution in [0.2, 0.25) is 5.02 Å². The Kier molecular flexibility index (Phi) is 3.91. The molecule has 0 amide bonds. The minimum Gasteiger partial charge on any atom is -0.392 e. The van der Waals surface area contributed by atoms with Crippen LogP contribution in [0.15, 0.2) is 29.2 Å². The molecule has 1 heterocycles. The summed E-state index contributed by atoms with van der Waals surface area (Å²) in [4.78, 5) is 0.445. The van der Waals surface area contributed by atoms with Gasteiger partial charge < -0.3 is 5.73 Å². The van der Waals surface area contributed by atoms with Crippen molar-refractivity contribution in [2.45, 2.75) is 23.8 Å². The summed E-state index contributed by atoms with van der Waals surface area (Å²) in [5, 5.41) is 0.501. The third-order valence-corrected chi connectivity index (χ3v) is 5.40. The predicted octanol–water partition coefficient (Wildman–Crippen LogP) is 1.78. The van der Waals surface area contributed by atoms with E-state index in [4.69, 9.17) is 29.6 Å². The monoisotopic (exact) mass is 304 g/mol. The molecule has 0 radical (unpaired) electrons. The van der Waals surface area contributed by atoms with E-state index < -0.39 is 10.0 Å². The van der Waals surface area contributed by atoms with Crippen LogP contribution in [0.1, 0.15) is 12.8 Å². The summed E-state index contributed by atoms with van der Waals surface area (Å²) in [7, 11) is -3.54. The number of hydrogen-bond acceptors (Lipinski definition) is 3. The van der Waals surface area contributed by atoms with E-state index in [2.05, 4.69) is 0 Å². The van der Waals surface area contributed by atoms with Gasteiger partial charge >= 0.3 is 0 Å². The molecule has 4 nitrogen and oxygen atoms in total. The van der Waals surface area contributed by atoms with Crippen molar-refractivity contribution in [2.24, 2.45) is 5.73 Å². The van der Waals surface area contributed by atoms with Gasteiger partial charge in [0.05, 0.1) is 15.9 Å². The molecule has 1 unspecified atom stereocenters. The van der Waals surface area contributed by atoms with Gasteiger partial charge in [-0.25, -0.2) is 8.42 Å². The molecule has 1 aliphatic heterocycles. The first-order valence-electron chi connectivity index (χ1n) is 5.49. The second-order valence-electron chi connectivity index (χ2n) is 4.13. The maximum absolute atomic E-state index is 12.4. The minimum atomic E-state index is -3.54. The predicted molar refractivity (Wildman–Crippen MR) is 75.2 cm³/mol. The van der Waals surface area contributed by atoms with E-state index in [1.807, 2.05) is 0 Å². The van der Waals surface area contributed by atoms with E-state index in [1.54, 1.807) is 12.1 Å². The van der Waals surface area contributed by atoms with Gasteiger partial charge in [0, 0.05) is 11.6 Å². The number of sulfonamides is 1. The van der Waals surface area contributed by atoms with Crippen LogP contribution < -0.4 is 5.73 Å². The summed E-state index contributed by atoms with van der Waals surface area (Å²) in [6, 6.07) is 5.72. The van der Waals surface area contributed by atoms with Gasteiger partial charge in [-0.05, 0) is 37.1 Å². The molecule has 98 valence electrons. The van der Waals surface area contributed by atoms with E-state index >= 15 is 0 Å². The molecule has 18 heavy (non-hydrogen) atoms.